The first-order chi connectivity index (χ1) is 5.77. The smallest absolute Gasteiger partial charge is 0.156 e. The quantitative estimate of drug-likeness (QED) is 0.645. The van der Waals surface area contributed by atoms with Crippen LogP contribution < -0.4 is 0 Å². The zero-order chi connectivity index (χ0) is 8.97. The summed E-state index contributed by atoms with van der Waals surface area (Å²) >= 11 is 0. The van der Waals surface area contributed by atoms with Crippen LogP contribution in [0.25, 0.3) is 0 Å². The van der Waals surface area contributed by atoms with E-state index >= 15 is 0 Å². The largest absolute Gasteiger partial charge is 0.497 e. The second kappa shape index (κ2) is 4.19. The summed E-state index contributed by atoms with van der Waals surface area (Å²) in [5.74, 6) is 1.88. The number of methoxy groups -OCH3 is 1. The van der Waals surface area contributed by atoms with Crippen molar-refractivity contribution in [3.63, 3.8) is 0 Å². The van der Waals surface area contributed by atoms with Crippen LogP contribution in [0, 0.1) is 0 Å². The highest BCUT2D eigenvalue weighted by atomic mass is 16.5. The topological polar surface area (TPSA) is 18.5 Å². The Balaban J connectivity index is 2.77. The minimum atomic E-state index is 0.700. The van der Waals surface area contributed by atoms with Gasteiger partial charge < -0.3 is 9.47 Å². The highest BCUT2D eigenvalue weighted by Crippen LogP contribution is 2.24. The van der Waals surface area contributed by atoms with Crippen molar-refractivity contribution in [1.29, 1.82) is 0 Å². The molecule has 0 N–H and O–H groups in total. The maximum absolute atomic E-state index is 5.43. The second-order valence-corrected chi connectivity index (χ2v) is 2.92. The molecule has 0 atom stereocenters. The minimum Gasteiger partial charge on any atom is -0.497 e. The van der Waals surface area contributed by atoms with Crippen LogP contribution in [0.2, 0.25) is 0 Å². The third-order valence-corrected chi connectivity index (χ3v) is 1.94. The first kappa shape index (κ1) is 9.17. The maximum Gasteiger partial charge on any atom is 0.156 e. The number of rotatable bonds is 3. The molecule has 0 aromatic heterocycles. The van der Waals surface area contributed by atoms with Crippen molar-refractivity contribution >= 4 is 0 Å². The van der Waals surface area contributed by atoms with Gasteiger partial charge in [-0.15, -0.1) is 0 Å². The van der Waals surface area contributed by atoms with Gasteiger partial charge in [-0.25, -0.2) is 0 Å². The molecule has 0 saturated carbocycles. The Kier molecular flexibility index (Phi) is 3.20. The Morgan fingerprint density at radius 2 is 2.17 bits per heavy atom. The van der Waals surface area contributed by atoms with Gasteiger partial charge in [0.05, 0.1) is 13.7 Å². The van der Waals surface area contributed by atoms with Crippen molar-refractivity contribution in [3.05, 3.63) is 23.2 Å². The summed E-state index contributed by atoms with van der Waals surface area (Å²) in [4.78, 5) is 0. The van der Waals surface area contributed by atoms with Crippen molar-refractivity contribution in [3.8, 4) is 0 Å². The fraction of sp³-hybridized carbons (Fsp3) is 0.600. The van der Waals surface area contributed by atoms with Crippen molar-refractivity contribution in [2.75, 3.05) is 13.7 Å². The standard InChI is InChI=1S/C10H16O2/c1-4-12-10-7-8(2)5-6-9(10)11-3/h7H,4-6H2,1-3H3. The molecule has 2 nitrogen and oxygen atoms in total. The molecule has 68 valence electrons. The molecular formula is C10H16O2. The third kappa shape index (κ3) is 2.03. The van der Waals surface area contributed by atoms with Crippen LogP contribution in [0.15, 0.2) is 23.2 Å². The van der Waals surface area contributed by atoms with Gasteiger partial charge in [-0.05, 0) is 26.3 Å². The highest BCUT2D eigenvalue weighted by molar-refractivity contribution is 5.25. The molecule has 0 fully saturated rings. The SMILES string of the molecule is CCOC1=C(OC)CCC(C)=C1. The van der Waals surface area contributed by atoms with Crippen LogP contribution >= 0.6 is 0 Å². The van der Waals surface area contributed by atoms with Gasteiger partial charge >= 0.3 is 0 Å². The van der Waals surface area contributed by atoms with E-state index in [4.69, 9.17) is 9.47 Å². The molecule has 1 rings (SSSR count). The van der Waals surface area contributed by atoms with E-state index < -0.39 is 0 Å². The van der Waals surface area contributed by atoms with Crippen LogP contribution in [0.4, 0.5) is 0 Å². The molecule has 0 radical (unpaired) electrons. The Morgan fingerprint density at radius 3 is 2.75 bits per heavy atom. The van der Waals surface area contributed by atoms with Gasteiger partial charge in [-0.3, -0.25) is 0 Å². The lowest BCUT2D eigenvalue weighted by Gasteiger charge is -2.17. The van der Waals surface area contributed by atoms with Crippen molar-refractivity contribution in [2.24, 2.45) is 0 Å². The normalized spacial score (nSPS) is 17.4. The van der Waals surface area contributed by atoms with Gasteiger partial charge in [-0.2, -0.15) is 0 Å². The lowest BCUT2D eigenvalue weighted by Crippen LogP contribution is -2.03. The summed E-state index contributed by atoms with van der Waals surface area (Å²) in [6.07, 6.45) is 4.11. The molecule has 1 aliphatic rings. The first-order valence-corrected chi connectivity index (χ1v) is 4.35. The molecule has 0 amide bonds. The molecule has 2 heteroatoms. The molecular weight excluding hydrogens is 152 g/mol. The van der Waals surface area contributed by atoms with Crippen LogP contribution in [-0.2, 0) is 9.47 Å². The lowest BCUT2D eigenvalue weighted by atomic mass is 10.0. The Bertz CT molecular complexity index is 214. The van der Waals surface area contributed by atoms with E-state index in [0.717, 1.165) is 24.4 Å². The predicted molar refractivity (Wildman–Crippen MR) is 48.7 cm³/mol. The van der Waals surface area contributed by atoms with Gasteiger partial charge in [0.2, 0.25) is 0 Å². The summed E-state index contributed by atoms with van der Waals surface area (Å²) < 4.78 is 10.6. The van der Waals surface area contributed by atoms with E-state index in [0.29, 0.717) is 6.61 Å². The lowest BCUT2D eigenvalue weighted by molar-refractivity contribution is 0.189. The molecule has 1 aliphatic carbocycles. The fourth-order valence-corrected chi connectivity index (χ4v) is 1.29. The van der Waals surface area contributed by atoms with E-state index in [-0.39, 0.29) is 0 Å². The zero-order valence-corrected chi connectivity index (χ0v) is 8.02. The summed E-state index contributed by atoms with van der Waals surface area (Å²) in [6.45, 7) is 4.80. The van der Waals surface area contributed by atoms with Gasteiger partial charge in [0.1, 0.15) is 5.76 Å². The van der Waals surface area contributed by atoms with Crippen LogP contribution in [0.5, 0.6) is 0 Å². The summed E-state index contributed by atoms with van der Waals surface area (Å²) in [6, 6.07) is 0. The van der Waals surface area contributed by atoms with Crippen LogP contribution in [0.3, 0.4) is 0 Å². The average molecular weight is 168 g/mol. The molecule has 0 aliphatic heterocycles. The van der Waals surface area contributed by atoms with Crippen LogP contribution in [-0.4, -0.2) is 13.7 Å². The van der Waals surface area contributed by atoms with Gasteiger partial charge in [0, 0.05) is 6.42 Å². The van der Waals surface area contributed by atoms with Crippen LogP contribution in [0.1, 0.15) is 26.7 Å². The second-order valence-electron chi connectivity index (χ2n) is 2.92. The predicted octanol–water partition coefficient (Wildman–Crippen LogP) is 2.62. The summed E-state index contributed by atoms with van der Waals surface area (Å²) in [5, 5.41) is 0. The highest BCUT2D eigenvalue weighted by Gasteiger charge is 2.12. The Morgan fingerprint density at radius 1 is 1.42 bits per heavy atom. The summed E-state index contributed by atoms with van der Waals surface area (Å²) in [7, 11) is 1.70. The molecule has 0 aromatic carbocycles. The van der Waals surface area contributed by atoms with Gasteiger partial charge in [0.15, 0.2) is 5.76 Å². The fourth-order valence-electron chi connectivity index (χ4n) is 1.29. The molecule has 0 spiro atoms. The van der Waals surface area contributed by atoms with Gasteiger partial charge in [-0.1, -0.05) is 5.57 Å². The van der Waals surface area contributed by atoms with E-state index in [1.807, 2.05) is 6.92 Å². The number of allylic oxidation sites excluding steroid dienone is 3. The molecule has 12 heavy (non-hydrogen) atoms. The van der Waals surface area contributed by atoms with E-state index in [1.165, 1.54) is 5.57 Å². The van der Waals surface area contributed by atoms with Crippen molar-refractivity contribution in [1.82, 2.24) is 0 Å². The maximum atomic E-state index is 5.43. The summed E-state index contributed by atoms with van der Waals surface area (Å²) in [5.41, 5.74) is 1.36. The zero-order valence-electron chi connectivity index (χ0n) is 8.02. The molecule has 0 heterocycles. The van der Waals surface area contributed by atoms with E-state index in [9.17, 15) is 0 Å². The van der Waals surface area contributed by atoms with E-state index in [2.05, 4.69) is 13.0 Å². The number of ether oxygens (including phenoxy) is 2. The van der Waals surface area contributed by atoms with E-state index in [1.54, 1.807) is 7.11 Å². The monoisotopic (exact) mass is 168 g/mol. The number of hydrogen-bond acceptors (Lipinski definition) is 2. The first-order valence-electron chi connectivity index (χ1n) is 4.35. The third-order valence-electron chi connectivity index (χ3n) is 1.94. The number of hydrogen-bond donors (Lipinski definition) is 0. The molecule has 0 bridgehead atoms. The Labute approximate surface area is 73.9 Å². The molecule has 0 aromatic rings. The molecule has 0 saturated heterocycles. The minimum absolute atomic E-state index is 0.700. The van der Waals surface area contributed by atoms with Gasteiger partial charge in [0.25, 0.3) is 0 Å². The van der Waals surface area contributed by atoms with Crippen molar-refractivity contribution < 1.29 is 9.47 Å². The Hall–Kier alpha value is -0.920. The molecule has 0 unspecified atom stereocenters. The average Bonchev–Trinajstić information content (AvgIpc) is 2.05. The van der Waals surface area contributed by atoms with Crippen molar-refractivity contribution in [2.45, 2.75) is 26.7 Å².